The highest BCUT2D eigenvalue weighted by molar-refractivity contribution is 9.11. The zero-order chi connectivity index (χ0) is 29.9. The fraction of sp³-hybridized carbons (Fsp3) is 0.200. The summed E-state index contributed by atoms with van der Waals surface area (Å²) < 4.78 is 29.4. The van der Waals surface area contributed by atoms with Gasteiger partial charge in [-0.1, -0.05) is 0 Å². The maximum absolute atomic E-state index is 12.9. The first-order valence-corrected chi connectivity index (χ1v) is 13.6. The zero-order valence-corrected chi connectivity index (χ0v) is 26.3. The highest BCUT2D eigenvalue weighted by Gasteiger charge is 2.14. The number of nitrogens with two attached hydrogens (primary N) is 1. The summed E-state index contributed by atoms with van der Waals surface area (Å²) in [5.74, 6) is -0.915. The third kappa shape index (κ3) is 11.1. The van der Waals surface area contributed by atoms with Crippen molar-refractivity contribution < 1.29 is 18.4 Å². The summed E-state index contributed by atoms with van der Waals surface area (Å²) in [5, 5.41) is 10.3. The minimum absolute atomic E-state index is 0.270. The number of rotatable bonds is 3. The Morgan fingerprint density at radius 2 is 1.33 bits per heavy atom. The van der Waals surface area contributed by atoms with Gasteiger partial charge in [0.05, 0.1) is 28.2 Å². The second kappa shape index (κ2) is 16.3. The van der Waals surface area contributed by atoms with Crippen molar-refractivity contribution in [3.05, 3.63) is 91.9 Å². The Balaban J connectivity index is 0.000000307. The van der Waals surface area contributed by atoms with Crippen LogP contribution in [0.5, 0.6) is 0 Å². The standard InChI is InChI=1S/C12H11BrFN3O.C6H5BrFN.C6H7ClN2O.CH3Cl/c1-7-9(6-17(2)16-7)12(18)15-11-4-3-8(14)5-10(11)13;7-5-3-4(8)1-2-6(5)9;1-4-5(6(7)10)3-9(2)8-4;1-2/h3-6H,1-2H3,(H,15,18);1-3H,9H2;3H,1-2H3;1H3. The van der Waals surface area contributed by atoms with Crippen LogP contribution in [-0.4, -0.2) is 37.1 Å². The Hall–Kier alpha value is -2.80. The molecule has 0 aliphatic heterocycles. The van der Waals surface area contributed by atoms with E-state index in [0.29, 0.717) is 42.8 Å². The molecule has 0 saturated carbocycles. The smallest absolute Gasteiger partial charge is 0.259 e. The van der Waals surface area contributed by atoms with E-state index in [1.165, 1.54) is 42.8 Å². The molecule has 2 aromatic carbocycles. The lowest BCUT2D eigenvalue weighted by atomic mass is 10.2. The molecule has 0 radical (unpaired) electrons. The van der Waals surface area contributed by atoms with Crippen LogP contribution in [0.4, 0.5) is 20.2 Å². The number of amides is 1. The molecule has 39 heavy (non-hydrogen) atoms. The molecule has 2 aromatic heterocycles. The summed E-state index contributed by atoms with van der Waals surface area (Å²) in [5.41, 5.74) is 8.73. The summed E-state index contributed by atoms with van der Waals surface area (Å²) >= 11 is 16.1. The van der Waals surface area contributed by atoms with Crippen molar-refractivity contribution in [3.63, 3.8) is 0 Å². The monoisotopic (exact) mass is 708 g/mol. The highest BCUT2D eigenvalue weighted by atomic mass is 79.9. The van der Waals surface area contributed by atoms with Gasteiger partial charge in [-0.25, -0.2) is 8.78 Å². The second-order valence-electron chi connectivity index (χ2n) is 7.62. The number of carbonyl (C=O) groups excluding carboxylic acids is 2. The molecule has 0 atom stereocenters. The SMILES string of the molecule is CCl.Cc1nn(C)cc1C(=O)Cl.Cc1nn(C)cc1C(=O)Nc1ccc(F)cc1Br.Nc1ccc(F)cc1Br. The van der Waals surface area contributed by atoms with E-state index >= 15 is 0 Å². The highest BCUT2D eigenvalue weighted by Crippen LogP contribution is 2.24. The van der Waals surface area contributed by atoms with E-state index in [0.717, 1.165) is 0 Å². The predicted molar refractivity (Wildman–Crippen MR) is 158 cm³/mol. The van der Waals surface area contributed by atoms with Gasteiger partial charge in [-0.2, -0.15) is 10.2 Å². The lowest BCUT2D eigenvalue weighted by molar-refractivity contribution is 0.102. The quantitative estimate of drug-likeness (QED) is 0.135. The number of hydrogen-bond donors (Lipinski definition) is 2. The van der Waals surface area contributed by atoms with Crippen LogP contribution in [0.15, 0.2) is 57.7 Å². The zero-order valence-electron chi connectivity index (χ0n) is 21.6. The minimum Gasteiger partial charge on any atom is -0.398 e. The number of halogens is 6. The number of anilines is 2. The number of aromatic nitrogens is 4. The van der Waals surface area contributed by atoms with Crippen molar-refractivity contribution >= 4 is 77.6 Å². The average Bonchev–Trinajstić information content (AvgIpc) is 3.39. The molecular formula is C25H26Br2Cl2F2N6O2. The van der Waals surface area contributed by atoms with Crippen LogP contribution >= 0.6 is 55.1 Å². The van der Waals surface area contributed by atoms with E-state index in [-0.39, 0.29) is 17.5 Å². The fourth-order valence-electron chi connectivity index (χ4n) is 2.90. The Bertz CT molecular complexity index is 1430. The number of nitrogen functional groups attached to an aromatic ring is 1. The second-order valence-corrected chi connectivity index (χ2v) is 9.67. The molecule has 0 fully saturated rings. The molecule has 1 amide bonds. The topological polar surface area (TPSA) is 108 Å². The van der Waals surface area contributed by atoms with E-state index in [1.54, 1.807) is 49.7 Å². The number of carbonyl (C=O) groups is 2. The molecule has 4 aromatic rings. The molecule has 0 saturated heterocycles. The van der Waals surface area contributed by atoms with E-state index in [1.807, 2.05) is 0 Å². The van der Waals surface area contributed by atoms with Gasteiger partial charge in [0.15, 0.2) is 0 Å². The average molecular weight is 711 g/mol. The molecular weight excluding hydrogens is 685 g/mol. The van der Waals surface area contributed by atoms with E-state index in [4.69, 9.17) is 17.3 Å². The van der Waals surface area contributed by atoms with Gasteiger partial charge in [0, 0.05) is 47.5 Å². The van der Waals surface area contributed by atoms with Crippen LogP contribution in [0.3, 0.4) is 0 Å². The fourth-order valence-corrected chi connectivity index (χ4v) is 3.88. The maximum atomic E-state index is 12.9. The summed E-state index contributed by atoms with van der Waals surface area (Å²) in [6.07, 6.45) is 4.72. The number of alkyl halides is 1. The summed E-state index contributed by atoms with van der Waals surface area (Å²) in [6.45, 7) is 3.50. The van der Waals surface area contributed by atoms with Crippen LogP contribution < -0.4 is 11.1 Å². The number of aryl methyl sites for hydroxylation is 4. The van der Waals surface area contributed by atoms with E-state index in [9.17, 15) is 18.4 Å². The van der Waals surface area contributed by atoms with Gasteiger partial charge in [-0.05, 0) is 93.7 Å². The Kier molecular flexibility index (Phi) is 14.3. The Morgan fingerprint density at radius 3 is 1.69 bits per heavy atom. The van der Waals surface area contributed by atoms with Gasteiger partial charge in [-0.3, -0.25) is 19.0 Å². The van der Waals surface area contributed by atoms with Crippen molar-refractivity contribution in [2.45, 2.75) is 13.8 Å². The van der Waals surface area contributed by atoms with Gasteiger partial charge < -0.3 is 11.1 Å². The number of nitrogens with zero attached hydrogens (tertiary/aromatic N) is 4. The minimum atomic E-state index is -0.453. The van der Waals surface area contributed by atoms with Crippen LogP contribution in [0.25, 0.3) is 0 Å². The molecule has 4 rings (SSSR count). The number of hydrogen-bond acceptors (Lipinski definition) is 5. The summed E-state index contributed by atoms with van der Waals surface area (Å²) in [6, 6.07) is 8.25. The van der Waals surface area contributed by atoms with Crippen molar-refractivity contribution in [2.24, 2.45) is 14.1 Å². The number of nitrogens with one attached hydrogen (secondary N) is 1. The first-order valence-electron chi connectivity index (χ1n) is 10.8. The normalized spacial score (nSPS) is 9.72. The van der Waals surface area contributed by atoms with E-state index < -0.39 is 5.24 Å². The van der Waals surface area contributed by atoms with Gasteiger partial charge >= 0.3 is 0 Å². The lowest BCUT2D eigenvalue weighted by Crippen LogP contribution is -2.12. The summed E-state index contributed by atoms with van der Waals surface area (Å²) in [4.78, 5) is 22.6. The molecule has 0 aliphatic rings. The molecule has 210 valence electrons. The largest absolute Gasteiger partial charge is 0.398 e. The van der Waals surface area contributed by atoms with E-state index in [2.05, 4.69) is 59.0 Å². The third-order valence-corrected chi connectivity index (χ3v) is 6.17. The van der Waals surface area contributed by atoms with Crippen molar-refractivity contribution in [1.82, 2.24) is 19.6 Å². The van der Waals surface area contributed by atoms with Crippen molar-refractivity contribution in [3.8, 4) is 0 Å². The predicted octanol–water partition coefficient (Wildman–Crippen LogP) is 7.02. The van der Waals surface area contributed by atoms with Crippen LogP contribution in [0, 0.1) is 25.5 Å². The molecule has 2 heterocycles. The molecule has 0 spiro atoms. The molecule has 0 unspecified atom stereocenters. The van der Waals surface area contributed by atoms with Crippen molar-refractivity contribution in [2.75, 3.05) is 17.4 Å². The molecule has 0 bridgehead atoms. The van der Waals surface area contributed by atoms with Crippen LogP contribution in [-0.2, 0) is 14.1 Å². The maximum Gasteiger partial charge on any atom is 0.259 e. The molecule has 3 N–H and O–H groups in total. The van der Waals surface area contributed by atoms with Crippen molar-refractivity contribution in [1.29, 1.82) is 0 Å². The number of benzene rings is 2. The molecule has 8 nitrogen and oxygen atoms in total. The van der Waals surface area contributed by atoms with Gasteiger partial charge in [0.1, 0.15) is 11.6 Å². The summed E-state index contributed by atoms with van der Waals surface area (Å²) in [7, 11) is 3.49. The van der Waals surface area contributed by atoms with Crippen LogP contribution in [0.2, 0.25) is 0 Å². The molecule has 14 heteroatoms. The van der Waals surface area contributed by atoms with Gasteiger partial charge in [0.25, 0.3) is 11.1 Å². The molecule has 0 aliphatic carbocycles. The lowest BCUT2D eigenvalue weighted by Gasteiger charge is -2.06. The first kappa shape index (κ1) is 34.2. The Morgan fingerprint density at radius 1 is 0.872 bits per heavy atom. The first-order chi connectivity index (χ1) is 18.3. The Labute approximate surface area is 251 Å². The van der Waals surface area contributed by atoms with Crippen LogP contribution in [0.1, 0.15) is 32.1 Å². The third-order valence-electron chi connectivity index (χ3n) is 4.63. The van der Waals surface area contributed by atoms with Gasteiger partial charge in [0.2, 0.25) is 0 Å². The van der Waals surface area contributed by atoms with Gasteiger partial charge in [-0.15, -0.1) is 11.6 Å².